The second kappa shape index (κ2) is 5.03. The van der Waals surface area contributed by atoms with Gasteiger partial charge in [0.05, 0.1) is 12.5 Å². The molecule has 0 aliphatic heterocycles. The van der Waals surface area contributed by atoms with E-state index >= 15 is 0 Å². The first kappa shape index (κ1) is 13.3. The van der Waals surface area contributed by atoms with Crippen molar-refractivity contribution in [2.45, 2.75) is 38.4 Å². The number of ether oxygens (including phenoxy) is 1. The third-order valence-corrected chi connectivity index (χ3v) is 2.62. The fourth-order valence-electron chi connectivity index (χ4n) is 1.59. The normalized spacial score (nSPS) is 20.3. The Kier molecular flexibility index (Phi) is 4.18. The first-order valence-corrected chi connectivity index (χ1v) is 5.36. The Morgan fingerprint density at radius 1 is 1.50 bits per heavy atom. The third kappa shape index (κ3) is 3.37. The number of hydrogen-bond acceptors (Lipinski definition) is 3. The van der Waals surface area contributed by atoms with Crippen molar-refractivity contribution >= 4 is 5.97 Å². The highest BCUT2D eigenvalue weighted by Gasteiger charge is 2.51. The molecule has 0 bridgehead atoms. The quantitative estimate of drug-likeness (QED) is 0.745. The van der Waals surface area contributed by atoms with Crippen LogP contribution < -0.4 is 5.73 Å². The van der Waals surface area contributed by atoms with Crippen LogP contribution in [0.4, 0.5) is 13.2 Å². The van der Waals surface area contributed by atoms with Gasteiger partial charge < -0.3 is 10.5 Å². The summed E-state index contributed by atoms with van der Waals surface area (Å²) in [6.07, 6.45) is -2.71. The van der Waals surface area contributed by atoms with Crippen molar-refractivity contribution in [1.82, 2.24) is 0 Å². The molecule has 6 heteroatoms. The van der Waals surface area contributed by atoms with Crippen LogP contribution in [0.5, 0.6) is 0 Å². The number of nitrogens with two attached hydrogens (primary N) is 1. The van der Waals surface area contributed by atoms with Gasteiger partial charge in [-0.25, -0.2) is 0 Å². The van der Waals surface area contributed by atoms with E-state index in [0.29, 0.717) is 19.3 Å². The number of rotatable bonds is 5. The lowest BCUT2D eigenvalue weighted by atomic mass is 9.95. The maximum Gasteiger partial charge on any atom is 0.404 e. The number of carbonyl (C=O) groups is 1. The van der Waals surface area contributed by atoms with E-state index in [4.69, 9.17) is 10.5 Å². The topological polar surface area (TPSA) is 52.3 Å². The molecule has 0 heterocycles. The molecule has 1 aliphatic carbocycles. The van der Waals surface area contributed by atoms with E-state index in [1.54, 1.807) is 6.92 Å². The molecule has 0 aromatic rings. The maximum atomic E-state index is 12.4. The average molecular weight is 239 g/mol. The molecule has 3 nitrogen and oxygen atoms in total. The minimum atomic E-state index is -4.54. The molecule has 0 amide bonds. The van der Waals surface area contributed by atoms with Gasteiger partial charge in [-0.05, 0) is 25.2 Å². The molecule has 1 fully saturated rings. The molecule has 0 radical (unpaired) electrons. The van der Waals surface area contributed by atoms with E-state index in [0.717, 1.165) is 0 Å². The number of halogens is 3. The van der Waals surface area contributed by atoms with E-state index in [1.807, 2.05) is 0 Å². The molecule has 1 rings (SSSR count). The van der Waals surface area contributed by atoms with Gasteiger partial charge in [-0.3, -0.25) is 4.79 Å². The zero-order valence-corrected chi connectivity index (χ0v) is 9.09. The van der Waals surface area contributed by atoms with Crippen molar-refractivity contribution in [2.24, 2.45) is 17.6 Å². The number of hydrogen-bond donors (Lipinski definition) is 1. The maximum absolute atomic E-state index is 12.4. The minimum absolute atomic E-state index is 0.145. The number of carbonyl (C=O) groups excluding carboxylic acids is 1. The predicted octanol–water partition coefficient (Wildman–Crippen LogP) is 1.86. The van der Waals surface area contributed by atoms with Gasteiger partial charge in [0.15, 0.2) is 0 Å². The second-order valence-electron chi connectivity index (χ2n) is 4.10. The molecule has 0 aromatic heterocycles. The second-order valence-corrected chi connectivity index (χ2v) is 4.10. The lowest BCUT2D eigenvalue weighted by Gasteiger charge is -2.24. The van der Waals surface area contributed by atoms with Crippen LogP contribution in [0.3, 0.4) is 0 Å². The van der Waals surface area contributed by atoms with Crippen molar-refractivity contribution in [3.63, 3.8) is 0 Å². The summed E-state index contributed by atoms with van der Waals surface area (Å²) in [4.78, 5) is 11.5. The van der Waals surface area contributed by atoms with Crippen LogP contribution in [0.25, 0.3) is 0 Å². The lowest BCUT2D eigenvalue weighted by Crippen LogP contribution is -2.48. The van der Waals surface area contributed by atoms with Crippen LogP contribution in [0, 0.1) is 11.8 Å². The highest BCUT2D eigenvalue weighted by Crippen LogP contribution is 2.42. The average Bonchev–Trinajstić information content (AvgIpc) is 2.97. The molecular formula is C10H16F3NO2. The van der Waals surface area contributed by atoms with Crippen LogP contribution in [-0.4, -0.2) is 24.8 Å². The Morgan fingerprint density at radius 3 is 2.44 bits per heavy atom. The van der Waals surface area contributed by atoms with E-state index in [-0.39, 0.29) is 12.5 Å². The smallest absolute Gasteiger partial charge is 0.404 e. The summed E-state index contributed by atoms with van der Waals surface area (Å²) >= 11 is 0. The van der Waals surface area contributed by atoms with E-state index in [9.17, 15) is 18.0 Å². The largest absolute Gasteiger partial charge is 0.465 e. The minimum Gasteiger partial charge on any atom is -0.465 e. The summed E-state index contributed by atoms with van der Waals surface area (Å²) in [5.74, 6) is -2.30. The van der Waals surface area contributed by atoms with Gasteiger partial charge in [-0.2, -0.15) is 13.2 Å². The highest BCUT2D eigenvalue weighted by atomic mass is 19.4. The summed E-state index contributed by atoms with van der Waals surface area (Å²) in [7, 11) is 0. The monoisotopic (exact) mass is 239 g/mol. The van der Waals surface area contributed by atoms with Crippen molar-refractivity contribution in [3.05, 3.63) is 0 Å². The molecular weight excluding hydrogens is 223 g/mol. The number of alkyl halides is 3. The highest BCUT2D eigenvalue weighted by molar-refractivity contribution is 5.74. The fraction of sp³-hybridized carbons (Fsp3) is 0.900. The van der Waals surface area contributed by atoms with Gasteiger partial charge in [0.2, 0.25) is 0 Å². The summed E-state index contributed by atoms with van der Waals surface area (Å²) in [5, 5.41) is 0. The summed E-state index contributed by atoms with van der Waals surface area (Å²) in [5.41, 5.74) is 5.08. The predicted molar refractivity (Wildman–Crippen MR) is 51.5 cm³/mol. The van der Waals surface area contributed by atoms with E-state index < -0.39 is 24.1 Å². The Bertz CT molecular complexity index is 251. The third-order valence-electron chi connectivity index (χ3n) is 2.62. The zero-order chi connectivity index (χ0) is 12.3. The molecule has 16 heavy (non-hydrogen) atoms. The van der Waals surface area contributed by atoms with E-state index in [1.165, 1.54) is 0 Å². The summed E-state index contributed by atoms with van der Waals surface area (Å²) < 4.78 is 42.1. The van der Waals surface area contributed by atoms with Crippen LogP contribution >= 0.6 is 0 Å². The molecule has 2 N–H and O–H groups in total. The van der Waals surface area contributed by atoms with Crippen molar-refractivity contribution in [2.75, 3.05) is 6.61 Å². The molecule has 0 aromatic carbocycles. The SMILES string of the molecule is CCCOC(=O)[C@H](C1CC1)[C@@H](N)C(F)(F)F. The lowest BCUT2D eigenvalue weighted by molar-refractivity contribution is -0.178. The van der Waals surface area contributed by atoms with Gasteiger partial charge in [0.25, 0.3) is 0 Å². The van der Waals surface area contributed by atoms with Gasteiger partial charge in [-0.1, -0.05) is 6.92 Å². The molecule has 1 saturated carbocycles. The molecule has 1 aliphatic rings. The molecule has 0 spiro atoms. The Morgan fingerprint density at radius 2 is 2.06 bits per heavy atom. The van der Waals surface area contributed by atoms with Crippen LogP contribution in [0.1, 0.15) is 26.2 Å². The fourth-order valence-corrected chi connectivity index (χ4v) is 1.59. The molecule has 2 atom stereocenters. The first-order valence-electron chi connectivity index (χ1n) is 5.36. The van der Waals surface area contributed by atoms with Crippen molar-refractivity contribution in [3.8, 4) is 0 Å². The van der Waals surface area contributed by atoms with Crippen LogP contribution in [0.15, 0.2) is 0 Å². The summed E-state index contributed by atoms with van der Waals surface area (Å²) in [6.45, 7) is 1.93. The standard InChI is InChI=1S/C10H16F3NO2/c1-2-5-16-9(15)7(6-3-4-6)8(14)10(11,12)13/h6-8H,2-5,14H2,1H3/t7-,8-/m1/s1. The Balaban J connectivity index is 2.63. The molecule has 0 unspecified atom stereocenters. The van der Waals surface area contributed by atoms with Crippen LogP contribution in [0.2, 0.25) is 0 Å². The van der Waals surface area contributed by atoms with Gasteiger partial charge in [-0.15, -0.1) is 0 Å². The van der Waals surface area contributed by atoms with Gasteiger partial charge >= 0.3 is 12.1 Å². The van der Waals surface area contributed by atoms with Gasteiger partial charge in [0.1, 0.15) is 6.04 Å². The zero-order valence-electron chi connectivity index (χ0n) is 9.09. The summed E-state index contributed by atoms with van der Waals surface area (Å²) in [6, 6.07) is -2.11. The first-order chi connectivity index (χ1) is 7.38. The Labute approximate surface area is 92.1 Å². The van der Waals surface area contributed by atoms with E-state index in [2.05, 4.69) is 0 Å². The van der Waals surface area contributed by atoms with Crippen molar-refractivity contribution in [1.29, 1.82) is 0 Å². The molecule has 94 valence electrons. The Hall–Kier alpha value is -0.780. The number of esters is 1. The molecule has 0 saturated heterocycles. The van der Waals surface area contributed by atoms with Crippen LogP contribution in [-0.2, 0) is 9.53 Å². The van der Waals surface area contributed by atoms with Gasteiger partial charge in [0, 0.05) is 0 Å². The van der Waals surface area contributed by atoms with Crippen molar-refractivity contribution < 1.29 is 22.7 Å².